The van der Waals surface area contributed by atoms with Crippen LogP contribution in [0, 0.1) is 12.3 Å². The number of likely N-dealkylation sites (tertiary alicyclic amines) is 1. The fourth-order valence-electron chi connectivity index (χ4n) is 2.63. The predicted octanol–water partition coefficient (Wildman–Crippen LogP) is 1.07. The van der Waals surface area contributed by atoms with E-state index in [0.29, 0.717) is 6.04 Å². The SMILES string of the molecule is C#CCN1CCC(NN2CCCCC2)CC1. The van der Waals surface area contributed by atoms with Crippen LogP contribution in [0.5, 0.6) is 0 Å². The van der Waals surface area contributed by atoms with E-state index in [2.05, 4.69) is 21.3 Å². The van der Waals surface area contributed by atoms with Crippen LogP contribution in [-0.4, -0.2) is 48.7 Å². The van der Waals surface area contributed by atoms with E-state index in [4.69, 9.17) is 6.42 Å². The third kappa shape index (κ3) is 3.48. The minimum absolute atomic E-state index is 0.673. The van der Waals surface area contributed by atoms with E-state index < -0.39 is 0 Å². The van der Waals surface area contributed by atoms with Gasteiger partial charge in [0.25, 0.3) is 0 Å². The molecule has 0 atom stereocenters. The van der Waals surface area contributed by atoms with Crippen molar-refractivity contribution in [3.05, 3.63) is 0 Å². The molecule has 0 amide bonds. The average Bonchev–Trinajstić information content (AvgIpc) is 2.33. The number of piperidine rings is 2. The quantitative estimate of drug-likeness (QED) is 0.719. The van der Waals surface area contributed by atoms with Crippen molar-refractivity contribution in [2.45, 2.75) is 38.1 Å². The molecule has 3 heteroatoms. The van der Waals surface area contributed by atoms with Gasteiger partial charge in [0.2, 0.25) is 0 Å². The zero-order valence-electron chi connectivity index (χ0n) is 10.1. The highest BCUT2D eigenvalue weighted by molar-refractivity contribution is 4.90. The van der Waals surface area contributed by atoms with Gasteiger partial charge in [-0.05, 0) is 25.7 Å². The van der Waals surface area contributed by atoms with E-state index in [1.807, 2.05) is 0 Å². The highest BCUT2D eigenvalue weighted by atomic mass is 15.5. The molecule has 2 heterocycles. The number of terminal acetylenes is 1. The maximum Gasteiger partial charge on any atom is 0.0598 e. The Kier molecular flexibility index (Phi) is 4.65. The Hall–Kier alpha value is -0.560. The van der Waals surface area contributed by atoms with Gasteiger partial charge in [-0.1, -0.05) is 12.3 Å². The van der Waals surface area contributed by atoms with Gasteiger partial charge < -0.3 is 0 Å². The third-order valence-electron chi connectivity index (χ3n) is 3.62. The first kappa shape index (κ1) is 11.9. The Balaban J connectivity index is 1.66. The zero-order chi connectivity index (χ0) is 11.2. The Morgan fingerprint density at radius 3 is 2.38 bits per heavy atom. The molecule has 0 aromatic heterocycles. The van der Waals surface area contributed by atoms with Crippen molar-refractivity contribution in [1.29, 1.82) is 0 Å². The molecule has 0 saturated carbocycles. The molecule has 0 bridgehead atoms. The van der Waals surface area contributed by atoms with E-state index in [1.165, 1.54) is 45.2 Å². The Morgan fingerprint density at radius 2 is 1.75 bits per heavy atom. The molecule has 2 aliphatic heterocycles. The summed E-state index contributed by atoms with van der Waals surface area (Å²) in [5.74, 6) is 2.73. The molecule has 0 spiro atoms. The monoisotopic (exact) mass is 221 g/mol. The zero-order valence-corrected chi connectivity index (χ0v) is 10.1. The van der Waals surface area contributed by atoms with Crippen LogP contribution in [0.1, 0.15) is 32.1 Å². The van der Waals surface area contributed by atoms with Gasteiger partial charge in [-0.15, -0.1) is 6.42 Å². The van der Waals surface area contributed by atoms with Crippen LogP contribution in [-0.2, 0) is 0 Å². The largest absolute Gasteiger partial charge is 0.292 e. The minimum Gasteiger partial charge on any atom is -0.292 e. The Bertz CT molecular complexity index is 232. The average molecular weight is 221 g/mol. The summed E-state index contributed by atoms with van der Waals surface area (Å²) in [6, 6.07) is 0.673. The standard InChI is InChI=1S/C13H23N3/c1-2-8-15-11-6-13(7-12-15)14-16-9-4-3-5-10-16/h1,13-14H,3-12H2. The van der Waals surface area contributed by atoms with Gasteiger partial charge in [-0.3, -0.25) is 10.3 Å². The normalized spacial score (nSPS) is 25.4. The number of nitrogens with one attached hydrogen (secondary N) is 1. The van der Waals surface area contributed by atoms with Crippen molar-refractivity contribution >= 4 is 0 Å². The summed E-state index contributed by atoms with van der Waals surface area (Å²) in [5.41, 5.74) is 3.68. The second-order valence-corrected chi connectivity index (χ2v) is 4.93. The number of rotatable bonds is 3. The van der Waals surface area contributed by atoms with Crippen LogP contribution in [0.4, 0.5) is 0 Å². The first-order chi connectivity index (χ1) is 7.88. The van der Waals surface area contributed by atoms with Crippen molar-refractivity contribution in [3.8, 4) is 12.3 Å². The van der Waals surface area contributed by atoms with Crippen molar-refractivity contribution < 1.29 is 0 Å². The van der Waals surface area contributed by atoms with Gasteiger partial charge in [0.1, 0.15) is 0 Å². The first-order valence-electron chi connectivity index (χ1n) is 6.55. The molecule has 2 rings (SSSR count). The van der Waals surface area contributed by atoms with Crippen LogP contribution in [0.25, 0.3) is 0 Å². The molecule has 3 nitrogen and oxygen atoms in total. The molecule has 16 heavy (non-hydrogen) atoms. The summed E-state index contributed by atoms with van der Waals surface area (Å²) in [7, 11) is 0. The van der Waals surface area contributed by atoms with Crippen molar-refractivity contribution in [3.63, 3.8) is 0 Å². The lowest BCUT2D eigenvalue weighted by molar-refractivity contribution is 0.0972. The molecular weight excluding hydrogens is 198 g/mol. The lowest BCUT2D eigenvalue weighted by Gasteiger charge is -2.36. The molecule has 2 aliphatic rings. The highest BCUT2D eigenvalue weighted by Gasteiger charge is 2.20. The molecule has 0 aliphatic carbocycles. The molecule has 0 unspecified atom stereocenters. The van der Waals surface area contributed by atoms with Gasteiger partial charge in [0.05, 0.1) is 6.54 Å². The smallest absolute Gasteiger partial charge is 0.0598 e. The third-order valence-corrected chi connectivity index (χ3v) is 3.62. The fraction of sp³-hybridized carbons (Fsp3) is 0.846. The lowest BCUT2D eigenvalue weighted by Crippen LogP contribution is -2.51. The van der Waals surface area contributed by atoms with Gasteiger partial charge in [0.15, 0.2) is 0 Å². The Morgan fingerprint density at radius 1 is 1.06 bits per heavy atom. The van der Waals surface area contributed by atoms with Gasteiger partial charge >= 0.3 is 0 Å². The van der Waals surface area contributed by atoms with E-state index >= 15 is 0 Å². The molecule has 0 radical (unpaired) electrons. The summed E-state index contributed by atoms with van der Waals surface area (Å²) in [6.45, 7) is 5.57. The van der Waals surface area contributed by atoms with Crippen molar-refractivity contribution in [2.75, 3.05) is 32.7 Å². The van der Waals surface area contributed by atoms with Crippen LogP contribution >= 0.6 is 0 Å². The molecule has 2 saturated heterocycles. The van der Waals surface area contributed by atoms with Crippen molar-refractivity contribution in [1.82, 2.24) is 15.3 Å². The second-order valence-electron chi connectivity index (χ2n) is 4.93. The van der Waals surface area contributed by atoms with Gasteiger partial charge in [-0.2, -0.15) is 0 Å². The molecule has 1 N–H and O–H groups in total. The summed E-state index contributed by atoms with van der Waals surface area (Å²) in [4.78, 5) is 2.37. The fourth-order valence-corrected chi connectivity index (χ4v) is 2.63. The summed E-state index contributed by atoms with van der Waals surface area (Å²) in [5, 5.41) is 2.42. The van der Waals surface area contributed by atoms with Crippen LogP contribution in [0.2, 0.25) is 0 Å². The van der Waals surface area contributed by atoms with Gasteiger partial charge in [-0.25, -0.2) is 5.01 Å². The van der Waals surface area contributed by atoms with Crippen LogP contribution < -0.4 is 5.43 Å². The number of hydrogen-bond donors (Lipinski definition) is 1. The highest BCUT2D eigenvalue weighted by Crippen LogP contribution is 2.12. The maximum atomic E-state index is 5.33. The minimum atomic E-state index is 0.673. The summed E-state index contributed by atoms with van der Waals surface area (Å²) >= 11 is 0. The number of nitrogens with zero attached hydrogens (tertiary/aromatic N) is 2. The number of hydrazine groups is 1. The molecule has 0 aromatic carbocycles. The van der Waals surface area contributed by atoms with Crippen LogP contribution in [0.15, 0.2) is 0 Å². The van der Waals surface area contributed by atoms with E-state index in [1.54, 1.807) is 0 Å². The Labute approximate surface area is 99.1 Å². The summed E-state index contributed by atoms with van der Waals surface area (Å²) < 4.78 is 0. The molecule has 2 fully saturated rings. The lowest BCUT2D eigenvalue weighted by atomic mass is 10.1. The topological polar surface area (TPSA) is 18.5 Å². The molecular formula is C13H23N3. The second kappa shape index (κ2) is 6.24. The van der Waals surface area contributed by atoms with E-state index in [-0.39, 0.29) is 0 Å². The molecule has 90 valence electrons. The van der Waals surface area contributed by atoms with Crippen molar-refractivity contribution in [2.24, 2.45) is 0 Å². The first-order valence-corrected chi connectivity index (χ1v) is 6.55. The maximum absolute atomic E-state index is 5.33. The summed E-state index contributed by atoms with van der Waals surface area (Å²) in [6.07, 6.45) is 11.9. The van der Waals surface area contributed by atoms with E-state index in [9.17, 15) is 0 Å². The van der Waals surface area contributed by atoms with E-state index in [0.717, 1.165) is 19.6 Å². The van der Waals surface area contributed by atoms with Gasteiger partial charge in [0, 0.05) is 32.2 Å². The molecule has 0 aromatic rings. The number of hydrogen-bond acceptors (Lipinski definition) is 3. The van der Waals surface area contributed by atoms with Crippen LogP contribution in [0.3, 0.4) is 0 Å². The predicted molar refractivity (Wildman–Crippen MR) is 66.9 cm³/mol.